The Kier molecular flexibility index (Phi) is 3.38. The highest BCUT2D eigenvalue weighted by Crippen LogP contribution is 2.25. The summed E-state index contributed by atoms with van der Waals surface area (Å²) in [6.07, 6.45) is 3.52. The molecule has 0 bridgehead atoms. The lowest BCUT2D eigenvalue weighted by Gasteiger charge is -2.06. The van der Waals surface area contributed by atoms with Crippen molar-refractivity contribution in [2.24, 2.45) is 0 Å². The molecule has 98 valence electrons. The lowest BCUT2D eigenvalue weighted by Crippen LogP contribution is -1.98. The molecule has 0 saturated heterocycles. The molecule has 1 unspecified atom stereocenters. The van der Waals surface area contributed by atoms with E-state index < -0.39 is 10.8 Å². The van der Waals surface area contributed by atoms with E-state index in [1.54, 1.807) is 0 Å². The number of fused-ring (bicyclic) bond motifs is 1. The number of hydrogen-bond donors (Lipinski definition) is 1. The van der Waals surface area contributed by atoms with Gasteiger partial charge in [0.15, 0.2) is 0 Å². The molecule has 0 heterocycles. The monoisotopic (exact) mass is 271 g/mol. The minimum atomic E-state index is -0.974. The van der Waals surface area contributed by atoms with Crippen LogP contribution >= 0.6 is 0 Å². The maximum atomic E-state index is 12.4. The highest BCUT2D eigenvalue weighted by molar-refractivity contribution is 7.84. The number of anilines is 1. The normalized spacial score (nSPS) is 15.2. The molecule has 3 heteroatoms. The molecule has 2 aromatic carbocycles. The van der Waals surface area contributed by atoms with Gasteiger partial charge in [0, 0.05) is 10.6 Å². The molecule has 0 aliphatic heterocycles. The van der Waals surface area contributed by atoms with Crippen LogP contribution in [0.2, 0.25) is 0 Å². The molecule has 0 fully saturated rings. The van der Waals surface area contributed by atoms with E-state index in [1.165, 1.54) is 24.0 Å². The van der Waals surface area contributed by atoms with Gasteiger partial charge in [-0.15, -0.1) is 0 Å². The van der Waals surface area contributed by atoms with Gasteiger partial charge in [-0.2, -0.15) is 0 Å². The van der Waals surface area contributed by atoms with Gasteiger partial charge < -0.3 is 5.73 Å². The zero-order chi connectivity index (χ0) is 13.2. The zero-order valence-corrected chi connectivity index (χ0v) is 11.6. The second-order valence-corrected chi connectivity index (χ2v) is 6.47. The van der Waals surface area contributed by atoms with Crippen LogP contribution in [0, 0.1) is 0 Å². The van der Waals surface area contributed by atoms with Crippen LogP contribution in [0.3, 0.4) is 0 Å². The molecule has 2 aromatic rings. The lowest BCUT2D eigenvalue weighted by molar-refractivity contribution is 0.682. The van der Waals surface area contributed by atoms with Crippen molar-refractivity contribution in [3.05, 3.63) is 59.2 Å². The molecule has 1 aliphatic rings. The third kappa shape index (κ3) is 2.71. The Morgan fingerprint density at radius 1 is 1.00 bits per heavy atom. The molecule has 0 aromatic heterocycles. The molecule has 19 heavy (non-hydrogen) atoms. The Hall–Kier alpha value is -1.61. The van der Waals surface area contributed by atoms with Gasteiger partial charge in [-0.05, 0) is 60.2 Å². The van der Waals surface area contributed by atoms with Gasteiger partial charge in [-0.25, -0.2) is 0 Å². The zero-order valence-electron chi connectivity index (χ0n) is 10.8. The molecule has 2 N–H and O–H groups in total. The summed E-state index contributed by atoms with van der Waals surface area (Å²) >= 11 is 0. The van der Waals surface area contributed by atoms with Crippen LogP contribution < -0.4 is 5.73 Å². The number of benzene rings is 2. The van der Waals surface area contributed by atoms with Gasteiger partial charge in [0.2, 0.25) is 0 Å². The number of nitrogen functional groups attached to an aromatic ring is 1. The summed E-state index contributed by atoms with van der Waals surface area (Å²) < 4.78 is 12.4. The minimum absolute atomic E-state index is 0.555. The van der Waals surface area contributed by atoms with E-state index in [2.05, 4.69) is 12.1 Å². The second kappa shape index (κ2) is 5.17. The first kappa shape index (κ1) is 12.4. The summed E-state index contributed by atoms with van der Waals surface area (Å²) in [6.45, 7) is 0. The van der Waals surface area contributed by atoms with Crippen LogP contribution in [-0.4, -0.2) is 4.21 Å². The lowest BCUT2D eigenvalue weighted by atomic mass is 10.1. The average molecular weight is 271 g/mol. The van der Waals surface area contributed by atoms with Gasteiger partial charge in [-0.1, -0.05) is 18.2 Å². The largest absolute Gasteiger partial charge is 0.399 e. The van der Waals surface area contributed by atoms with Crippen molar-refractivity contribution in [1.82, 2.24) is 0 Å². The Labute approximate surface area is 116 Å². The average Bonchev–Trinajstić information content (AvgIpc) is 2.88. The SMILES string of the molecule is Nc1ccc(CS(=O)c2ccc3c(c2)CCC3)cc1. The molecule has 0 spiro atoms. The first-order valence-electron chi connectivity index (χ1n) is 6.57. The first-order chi connectivity index (χ1) is 9.22. The molecule has 0 radical (unpaired) electrons. The Morgan fingerprint density at radius 3 is 2.53 bits per heavy atom. The highest BCUT2D eigenvalue weighted by atomic mass is 32.2. The van der Waals surface area contributed by atoms with E-state index in [1.807, 2.05) is 30.3 Å². The fourth-order valence-corrected chi connectivity index (χ4v) is 3.69. The summed E-state index contributed by atoms with van der Waals surface area (Å²) in [5.74, 6) is 0.555. The fraction of sp³-hybridized carbons (Fsp3) is 0.250. The van der Waals surface area contributed by atoms with Crippen molar-refractivity contribution >= 4 is 16.5 Å². The molecule has 3 rings (SSSR count). The van der Waals surface area contributed by atoms with Crippen LogP contribution in [0.4, 0.5) is 5.69 Å². The molecule has 2 nitrogen and oxygen atoms in total. The minimum Gasteiger partial charge on any atom is -0.399 e. The van der Waals surface area contributed by atoms with Gasteiger partial charge >= 0.3 is 0 Å². The fourth-order valence-electron chi connectivity index (χ4n) is 2.54. The summed E-state index contributed by atoms with van der Waals surface area (Å²) in [7, 11) is -0.974. The topological polar surface area (TPSA) is 43.1 Å². The van der Waals surface area contributed by atoms with Crippen molar-refractivity contribution < 1.29 is 4.21 Å². The number of nitrogens with two attached hydrogens (primary N) is 1. The van der Waals surface area contributed by atoms with E-state index in [0.29, 0.717) is 5.75 Å². The Balaban J connectivity index is 1.78. The van der Waals surface area contributed by atoms with Crippen LogP contribution in [0.5, 0.6) is 0 Å². The number of hydrogen-bond acceptors (Lipinski definition) is 2. The van der Waals surface area contributed by atoms with Crippen molar-refractivity contribution in [2.75, 3.05) is 5.73 Å². The van der Waals surface area contributed by atoms with Gasteiger partial charge in [0.05, 0.1) is 16.6 Å². The van der Waals surface area contributed by atoms with Crippen molar-refractivity contribution in [3.63, 3.8) is 0 Å². The van der Waals surface area contributed by atoms with Crippen LogP contribution in [0.25, 0.3) is 0 Å². The maximum absolute atomic E-state index is 12.4. The second-order valence-electron chi connectivity index (χ2n) is 5.02. The molecule has 1 aliphatic carbocycles. The van der Waals surface area contributed by atoms with E-state index in [4.69, 9.17) is 5.73 Å². The van der Waals surface area contributed by atoms with Crippen molar-refractivity contribution in [3.8, 4) is 0 Å². The van der Waals surface area contributed by atoms with Gasteiger partial charge in [-0.3, -0.25) is 4.21 Å². The quantitative estimate of drug-likeness (QED) is 0.872. The predicted octanol–water partition coefficient (Wildman–Crippen LogP) is 3.07. The van der Waals surface area contributed by atoms with E-state index in [0.717, 1.165) is 22.6 Å². The number of rotatable bonds is 3. The van der Waals surface area contributed by atoms with Crippen molar-refractivity contribution in [1.29, 1.82) is 0 Å². The van der Waals surface area contributed by atoms with Crippen LogP contribution in [0.1, 0.15) is 23.1 Å². The molecule has 0 amide bonds. The van der Waals surface area contributed by atoms with Crippen LogP contribution in [-0.2, 0) is 29.4 Å². The third-order valence-electron chi connectivity index (χ3n) is 3.61. The van der Waals surface area contributed by atoms with E-state index >= 15 is 0 Å². The predicted molar refractivity (Wildman–Crippen MR) is 79.4 cm³/mol. The Morgan fingerprint density at radius 2 is 1.74 bits per heavy atom. The summed E-state index contributed by atoms with van der Waals surface area (Å²) in [5.41, 5.74) is 10.3. The number of aryl methyl sites for hydroxylation is 2. The summed E-state index contributed by atoms with van der Waals surface area (Å²) in [5, 5.41) is 0. The summed E-state index contributed by atoms with van der Waals surface area (Å²) in [6, 6.07) is 13.9. The molecule has 0 saturated carbocycles. The van der Waals surface area contributed by atoms with E-state index in [9.17, 15) is 4.21 Å². The van der Waals surface area contributed by atoms with Crippen molar-refractivity contribution in [2.45, 2.75) is 29.9 Å². The smallest absolute Gasteiger partial charge is 0.0574 e. The third-order valence-corrected chi connectivity index (χ3v) is 4.99. The highest BCUT2D eigenvalue weighted by Gasteiger charge is 2.13. The van der Waals surface area contributed by atoms with Gasteiger partial charge in [0.25, 0.3) is 0 Å². The van der Waals surface area contributed by atoms with E-state index in [-0.39, 0.29) is 0 Å². The molecular formula is C16H17NOS. The van der Waals surface area contributed by atoms with Crippen LogP contribution in [0.15, 0.2) is 47.4 Å². The molecular weight excluding hydrogens is 254 g/mol. The Bertz CT molecular complexity index is 619. The van der Waals surface area contributed by atoms with Gasteiger partial charge in [0.1, 0.15) is 0 Å². The summed E-state index contributed by atoms with van der Waals surface area (Å²) in [4.78, 5) is 0.942. The standard InChI is InChI=1S/C16H17NOS/c17-15-7-4-12(5-8-15)11-19(18)16-9-6-13-2-1-3-14(13)10-16/h4-10H,1-3,11,17H2. The first-order valence-corrected chi connectivity index (χ1v) is 7.89. The molecule has 1 atom stereocenters. The maximum Gasteiger partial charge on any atom is 0.0574 e.